The van der Waals surface area contributed by atoms with E-state index in [4.69, 9.17) is 9.84 Å². The van der Waals surface area contributed by atoms with Crippen molar-refractivity contribution in [1.82, 2.24) is 9.97 Å². The Hall–Kier alpha value is -1.36. The van der Waals surface area contributed by atoms with Crippen LogP contribution in [-0.2, 0) is 21.4 Å². The number of nitrogens with one attached hydrogen (secondary N) is 1. The van der Waals surface area contributed by atoms with Gasteiger partial charge in [0.15, 0.2) is 0 Å². The Morgan fingerprint density at radius 2 is 2.53 bits per heavy atom. The van der Waals surface area contributed by atoms with Gasteiger partial charge in [-0.1, -0.05) is 6.92 Å². The van der Waals surface area contributed by atoms with Crippen molar-refractivity contribution < 1.29 is 14.6 Å². The first kappa shape index (κ1) is 12.1. The average Bonchev–Trinajstić information content (AvgIpc) is 2.76. The van der Waals surface area contributed by atoms with Gasteiger partial charge in [-0.15, -0.1) is 0 Å². The van der Waals surface area contributed by atoms with E-state index in [1.807, 2.05) is 0 Å². The molecule has 1 aromatic heterocycles. The van der Waals surface area contributed by atoms with Crippen LogP contribution in [0.4, 0.5) is 0 Å². The average molecular weight is 238 g/mol. The van der Waals surface area contributed by atoms with Crippen LogP contribution < -0.4 is 0 Å². The Balaban J connectivity index is 2.03. The zero-order valence-corrected chi connectivity index (χ0v) is 10.0. The quantitative estimate of drug-likeness (QED) is 0.833. The number of hydrogen-bond acceptors (Lipinski definition) is 3. The van der Waals surface area contributed by atoms with Crippen LogP contribution in [0.5, 0.6) is 0 Å². The highest BCUT2D eigenvalue weighted by Gasteiger charge is 2.32. The second kappa shape index (κ2) is 4.87. The molecule has 1 saturated heterocycles. The number of ether oxygens (including phenoxy) is 1. The van der Waals surface area contributed by atoms with Crippen LogP contribution in [0, 0.1) is 0 Å². The molecule has 0 saturated carbocycles. The molecular weight excluding hydrogens is 220 g/mol. The molecular formula is C12H18N2O3. The number of imidazole rings is 1. The van der Waals surface area contributed by atoms with E-state index in [0.29, 0.717) is 13.0 Å². The van der Waals surface area contributed by atoms with Gasteiger partial charge in [-0.2, -0.15) is 0 Å². The fourth-order valence-electron chi connectivity index (χ4n) is 2.16. The van der Waals surface area contributed by atoms with Crippen molar-refractivity contribution in [3.63, 3.8) is 0 Å². The second-order valence-corrected chi connectivity index (χ2v) is 4.87. The summed E-state index contributed by atoms with van der Waals surface area (Å²) in [5.74, 6) is 0.131. The van der Waals surface area contributed by atoms with Crippen LogP contribution >= 0.6 is 0 Å². The number of carbonyl (C=O) groups is 1. The van der Waals surface area contributed by atoms with Crippen LogP contribution in [0.2, 0.25) is 0 Å². The predicted molar refractivity (Wildman–Crippen MR) is 61.9 cm³/mol. The minimum atomic E-state index is -0.784. The monoisotopic (exact) mass is 238 g/mol. The summed E-state index contributed by atoms with van der Waals surface area (Å²) in [6, 6.07) is 0. The number of aromatic nitrogens is 2. The number of aliphatic carboxylic acids is 1. The first-order valence-corrected chi connectivity index (χ1v) is 5.94. The molecule has 0 amide bonds. The third-order valence-electron chi connectivity index (χ3n) is 3.25. The number of rotatable bonds is 4. The second-order valence-electron chi connectivity index (χ2n) is 4.87. The van der Waals surface area contributed by atoms with Gasteiger partial charge < -0.3 is 14.8 Å². The zero-order chi connectivity index (χ0) is 12.3. The lowest BCUT2D eigenvalue weighted by molar-refractivity contribution is -0.136. The van der Waals surface area contributed by atoms with Crippen LogP contribution in [0.1, 0.15) is 37.7 Å². The predicted octanol–water partition coefficient (Wildman–Crippen LogP) is 1.49. The van der Waals surface area contributed by atoms with E-state index in [-0.39, 0.29) is 11.8 Å². The Morgan fingerprint density at radius 1 is 1.71 bits per heavy atom. The molecule has 0 aromatic carbocycles. The topological polar surface area (TPSA) is 75.2 Å². The summed E-state index contributed by atoms with van der Waals surface area (Å²) in [6.45, 7) is 3.63. The van der Waals surface area contributed by atoms with Gasteiger partial charge in [-0.3, -0.25) is 4.79 Å². The maximum absolute atomic E-state index is 10.5. The van der Waals surface area contributed by atoms with Gasteiger partial charge in [-0.25, -0.2) is 4.98 Å². The third kappa shape index (κ3) is 2.85. The highest BCUT2D eigenvalue weighted by atomic mass is 16.5. The SMILES string of the molecule is CC1(c2ncc(CCC(=O)O)[nH]2)CCCOC1. The van der Waals surface area contributed by atoms with Crippen molar-refractivity contribution in [2.45, 2.75) is 38.0 Å². The minimum Gasteiger partial charge on any atom is -0.481 e. The molecule has 2 rings (SSSR count). The highest BCUT2D eigenvalue weighted by molar-refractivity contribution is 5.66. The number of carboxylic acids is 1. The number of nitrogens with zero attached hydrogens (tertiary/aromatic N) is 1. The summed E-state index contributed by atoms with van der Waals surface area (Å²) in [6.07, 6.45) is 4.47. The van der Waals surface area contributed by atoms with E-state index in [9.17, 15) is 4.79 Å². The normalized spacial score (nSPS) is 24.8. The maximum atomic E-state index is 10.5. The molecule has 5 heteroatoms. The van der Waals surface area contributed by atoms with E-state index in [1.54, 1.807) is 6.20 Å². The molecule has 1 aromatic rings. The van der Waals surface area contributed by atoms with Crippen molar-refractivity contribution in [3.05, 3.63) is 17.7 Å². The first-order valence-electron chi connectivity index (χ1n) is 5.94. The fourth-order valence-corrected chi connectivity index (χ4v) is 2.16. The van der Waals surface area contributed by atoms with Crippen LogP contribution in [-0.4, -0.2) is 34.3 Å². The van der Waals surface area contributed by atoms with Gasteiger partial charge in [-0.05, 0) is 19.3 Å². The molecule has 94 valence electrons. The van der Waals surface area contributed by atoms with Crippen LogP contribution in [0.3, 0.4) is 0 Å². The summed E-state index contributed by atoms with van der Waals surface area (Å²) in [5, 5.41) is 8.63. The van der Waals surface area contributed by atoms with Gasteiger partial charge in [0, 0.05) is 23.9 Å². The fraction of sp³-hybridized carbons (Fsp3) is 0.667. The van der Waals surface area contributed by atoms with Gasteiger partial charge in [0.05, 0.1) is 13.0 Å². The molecule has 1 unspecified atom stereocenters. The zero-order valence-electron chi connectivity index (χ0n) is 10.0. The molecule has 1 aliphatic rings. The van der Waals surface area contributed by atoms with Gasteiger partial charge >= 0.3 is 5.97 Å². The summed E-state index contributed by atoms with van der Waals surface area (Å²) in [7, 11) is 0. The van der Waals surface area contributed by atoms with Crippen LogP contribution in [0.25, 0.3) is 0 Å². The Labute approximate surface area is 100 Å². The molecule has 17 heavy (non-hydrogen) atoms. The summed E-state index contributed by atoms with van der Waals surface area (Å²) in [4.78, 5) is 18.1. The van der Waals surface area contributed by atoms with E-state index >= 15 is 0 Å². The summed E-state index contributed by atoms with van der Waals surface area (Å²) in [5.41, 5.74) is 0.828. The van der Waals surface area contributed by atoms with E-state index < -0.39 is 5.97 Å². The number of H-pyrrole nitrogens is 1. The van der Waals surface area contributed by atoms with Crippen LogP contribution in [0.15, 0.2) is 6.20 Å². The summed E-state index contributed by atoms with van der Waals surface area (Å²) >= 11 is 0. The number of aromatic amines is 1. The smallest absolute Gasteiger partial charge is 0.303 e. The Morgan fingerprint density at radius 3 is 3.18 bits per heavy atom. The van der Waals surface area contributed by atoms with Crippen molar-refractivity contribution in [2.75, 3.05) is 13.2 Å². The molecule has 5 nitrogen and oxygen atoms in total. The van der Waals surface area contributed by atoms with Gasteiger partial charge in [0.1, 0.15) is 5.82 Å². The van der Waals surface area contributed by atoms with E-state index in [1.165, 1.54) is 0 Å². The lowest BCUT2D eigenvalue weighted by Gasteiger charge is -2.31. The summed E-state index contributed by atoms with van der Waals surface area (Å²) < 4.78 is 5.49. The van der Waals surface area contributed by atoms with Gasteiger partial charge in [0.2, 0.25) is 0 Å². The van der Waals surface area contributed by atoms with Crippen molar-refractivity contribution >= 4 is 5.97 Å². The molecule has 2 heterocycles. The highest BCUT2D eigenvalue weighted by Crippen LogP contribution is 2.30. The first-order chi connectivity index (χ1) is 8.10. The number of hydrogen-bond donors (Lipinski definition) is 2. The molecule has 1 aliphatic heterocycles. The standard InChI is InChI=1S/C12H18N2O3/c1-12(5-2-6-17-8-12)11-13-7-9(14-11)3-4-10(15)16/h7H,2-6,8H2,1H3,(H,13,14)(H,15,16). The van der Waals surface area contributed by atoms with Crippen molar-refractivity contribution in [2.24, 2.45) is 0 Å². The Bertz CT molecular complexity index is 394. The van der Waals surface area contributed by atoms with E-state index in [2.05, 4.69) is 16.9 Å². The molecule has 0 bridgehead atoms. The lowest BCUT2D eigenvalue weighted by atomic mass is 9.84. The molecule has 0 spiro atoms. The minimum absolute atomic E-state index is 0.0558. The van der Waals surface area contributed by atoms with E-state index in [0.717, 1.165) is 31.0 Å². The molecule has 1 fully saturated rings. The van der Waals surface area contributed by atoms with Crippen molar-refractivity contribution in [3.8, 4) is 0 Å². The molecule has 2 N–H and O–H groups in total. The Kier molecular flexibility index (Phi) is 3.47. The lowest BCUT2D eigenvalue weighted by Crippen LogP contribution is -2.34. The largest absolute Gasteiger partial charge is 0.481 e. The molecule has 0 radical (unpaired) electrons. The molecule has 0 aliphatic carbocycles. The third-order valence-corrected chi connectivity index (χ3v) is 3.25. The number of carboxylic acid groups (broad SMARTS) is 1. The maximum Gasteiger partial charge on any atom is 0.303 e. The van der Waals surface area contributed by atoms with Crippen molar-refractivity contribution in [1.29, 1.82) is 0 Å². The van der Waals surface area contributed by atoms with Gasteiger partial charge in [0.25, 0.3) is 0 Å². The molecule has 1 atom stereocenters. The number of aryl methyl sites for hydroxylation is 1.